The zero-order chi connectivity index (χ0) is 12.3. The third-order valence-electron chi connectivity index (χ3n) is 2.02. The van der Waals surface area contributed by atoms with Gasteiger partial charge in [0.15, 0.2) is 5.69 Å². The minimum Gasteiger partial charge on any atom is -0.465 e. The van der Waals surface area contributed by atoms with E-state index in [-0.39, 0.29) is 5.69 Å². The lowest BCUT2D eigenvalue weighted by Crippen LogP contribution is -2.32. The van der Waals surface area contributed by atoms with Crippen LogP contribution in [0.15, 0.2) is 32.8 Å². The Labute approximate surface area is 101 Å². The lowest BCUT2D eigenvalue weighted by atomic mass is 10.3. The summed E-state index contributed by atoms with van der Waals surface area (Å²) in [4.78, 5) is 11.7. The number of hydrogen-bond donors (Lipinski definition) is 1. The van der Waals surface area contributed by atoms with Crippen LogP contribution in [-0.4, -0.2) is 21.1 Å². The molecular weight excluding hydrogens is 240 g/mol. The third-order valence-corrected chi connectivity index (χ3v) is 2.66. The highest BCUT2D eigenvalue weighted by Gasteiger charge is 2.06. The maximum atomic E-state index is 11.7. The van der Waals surface area contributed by atoms with Crippen molar-refractivity contribution in [3.8, 4) is 0 Å². The zero-order valence-electron chi connectivity index (χ0n) is 9.03. The van der Waals surface area contributed by atoms with E-state index in [0.29, 0.717) is 10.9 Å². The molecule has 0 amide bonds. The Hall–Kier alpha value is -2.02. The van der Waals surface area contributed by atoms with Gasteiger partial charge in [-0.2, -0.15) is 4.68 Å². The maximum absolute atomic E-state index is 11.7. The number of aromatic nitrogens is 3. The lowest BCUT2D eigenvalue weighted by Gasteiger charge is -2.02. The fraction of sp³-hybridized carbons (Fsp3) is 0.100. The van der Waals surface area contributed by atoms with Gasteiger partial charge in [0.2, 0.25) is 5.16 Å². The molecule has 2 rings (SSSR count). The molecule has 0 aliphatic rings. The van der Waals surface area contributed by atoms with Crippen molar-refractivity contribution in [2.24, 2.45) is 0 Å². The number of nitrogens with zero attached hydrogens (tertiary/aromatic N) is 3. The van der Waals surface area contributed by atoms with Gasteiger partial charge in [-0.05, 0) is 30.5 Å². The predicted octanol–water partition coefficient (Wildman–Crippen LogP) is 0.837. The van der Waals surface area contributed by atoms with E-state index in [1.165, 1.54) is 17.8 Å². The number of nitrogens with two attached hydrogens (primary N) is 1. The molecule has 0 atom stereocenters. The molecule has 0 aliphatic carbocycles. The summed E-state index contributed by atoms with van der Waals surface area (Å²) in [5.74, 6) is 6.19. The normalized spacial score (nSPS) is 11.1. The maximum Gasteiger partial charge on any atom is 0.298 e. The summed E-state index contributed by atoms with van der Waals surface area (Å²) in [7, 11) is 0. The van der Waals surface area contributed by atoms with Gasteiger partial charge < -0.3 is 10.3 Å². The van der Waals surface area contributed by atoms with Crippen molar-refractivity contribution in [3.05, 3.63) is 40.2 Å². The van der Waals surface area contributed by atoms with Crippen molar-refractivity contribution in [1.82, 2.24) is 14.9 Å². The smallest absolute Gasteiger partial charge is 0.298 e. The average Bonchev–Trinajstić information content (AvgIpc) is 2.84. The summed E-state index contributed by atoms with van der Waals surface area (Å²) in [6.07, 6.45) is 6.46. The van der Waals surface area contributed by atoms with Gasteiger partial charge in [0.1, 0.15) is 5.76 Å². The largest absolute Gasteiger partial charge is 0.465 e. The molecule has 0 radical (unpaired) electrons. The second-order valence-electron chi connectivity index (χ2n) is 3.10. The highest BCUT2D eigenvalue weighted by Crippen LogP contribution is 2.07. The van der Waals surface area contributed by atoms with Crippen LogP contribution in [0.3, 0.4) is 0 Å². The second-order valence-corrected chi connectivity index (χ2v) is 3.87. The molecule has 0 aromatic carbocycles. The van der Waals surface area contributed by atoms with E-state index >= 15 is 0 Å². The highest BCUT2D eigenvalue weighted by atomic mass is 32.2. The van der Waals surface area contributed by atoms with Crippen molar-refractivity contribution in [3.63, 3.8) is 0 Å². The monoisotopic (exact) mass is 250 g/mol. The van der Waals surface area contributed by atoms with Gasteiger partial charge in [0.05, 0.1) is 6.26 Å². The molecule has 0 saturated carbocycles. The molecule has 0 saturated heterocycles. The van der Waals surface area contributed by atoms with Crippen LogP contribution < -0.4 is 11.4 Å². The van der Waals surface area contributed by atoms with Gasteiger partial charge >= 0.3 is 0 Å². The van der Waals surface area contributed by atoms with Crippen LogP contribution in [0.2, 0.25) is 0 Å². The van der Waals surface area contributed by atoms with E-state index in [4.69, 9.17) is 10.3 Å². The Morgan fingerprint density at radius 2 is 2.29 bits per heavy atom. The van der Waals surface area contributed by atoms with Gasteiger partial charge in [-0.3, -0.25) is 4.79 Å². The molecule has 0 unspecified atom stereocenters. The summed E-state index contributed by atoms with van der Waals surface area (Å²) >= 11 is 1.26. The standard InChI is InChI=1S/C10H10N4O2S/c1-17-10-13-12-8(9(15)14(10)11)5-4-7-3-2-6-16-7/h2-6H,11H2,1H3. The molecule has 7 heteroatoms. The first-order valence-electron chi connectivity index (χ1n) is 4.72. The summed E-state index contributed by atoms with van der Waals surface area (Å²) in [5.41, 5.74) is -0.228. The van der Waals surface area contributed by atoms with Crippen LogP contribution in [0.5, 0.6) is 0 Å². The quantitative estimate of drug-likeness (QED) is 0.641. The van der Waals surface area contributed by atoms with E-state index in [1.807, 2.05) is 0 Å². The second kappa shape index (κ2) is 4.88. The molecule has 0 fully saturated rings. The van der Waals surface area contributed by atoms with Crippen molar-refractivity contribution in [1.29, 1.82) is 0 Å². The van der Waals surface area contributed by atoms with Gasteiger partial charge in [-0.25, -0.2) is 0 Å². The number of rotatable bonds is 3. The Balaban J connectivity index is 2.35. The fourth-order valence-corrected chi connectivity index (χ4v) is 1.59. The summed E-state index contributed by atoms with van der Waals surface area (Å²) in [5, 5.41) is 7.99. The SMILES string of the molecule is CSc1nnc(C=Cc2ccco2)c(=O)n1N. The Kier molecular flexibility index (Phi) is 3.29. The van der Waals surface area contributed by atoms with Crippen LogP contribution in [0.1, 0.15) is 11.5 Å². The Morgan fingerprint density at radius 1 is 1.47 bits per heavy atom. The summed E-state index contributed by atoms with van der Waals surface area (Å²) < 4.78 is 6.06. The number of hydrogen-bond acceptors (Lipinski definition) is 6. The van der Waals surface area contributed by atoms with Crippen LogP contribution >= 0.6 is 11.8 Å². The first-order valence-corrected chi connectivity index (χ1v) is 5.95. The molecule has 88 valence electrons. The molecule has 2 aromatic rings. The zero-order valence-corrected chi connectivity index (χ0v) is 9.85. The van der Waals surface area contributed by atoms with Gasteiger partial charge in [-0.1, -0.05) is 11.8 Å². The van der Waals surface area contributed by atoms with E-state index in [2.05, 4.69) is 10.2 Å². The molecular formula is C10H10N4O2S. The molecule has 2 N–H and O–H groups in total. The first-order chi connectivity index (χ1) is 8.22. The molecule has 0 bridgehead atoms. The van der Waals surface area contributed by atoms with Crippen LogP contribution in [0.25, 0.3) is 12.2 Å². The molecule has 0 aliphatic heterocycles. The van der Waals surface area contributed by atoms with Crippen molar-refractivity contribution in [2.45, 2.75) is 5.16 Å². The molecule has 6 nitrogen and oxygen atoms in total. The van der Waals surface area contributed by atoms with Gasteiger partial charge in [-0.15, -0.1) is 10.2 Å². The third kappa shape index (κ3) is 2.39. The molecule has 2 heterocycles. The summed E-state index contributed by atoms with van der Waals surface area (Å²) in [6, 6.07) is 3.52. The number of furan rings is 1. The van der Waals surface area contributed by atoms with Crippen molar-refractivity contribution >= 4 is 23.9 Å². The van der Waals surface area contributed by atoms with Crippen molar-refractivity contribution < 1.29 is 4.42 Å². The predicted molar refractivity (Wildman–Crippen MR) is 65.9 cm³/mol. The van der Waals surface area contributed by atoms with E-state index in [9.17, 15) is 4.79 Å². The van der Waals surface area contributed by atoms with Crippen LogP contribution in [-0.2, 0) is 0 Å². The summed E-state index contributed by atoms with van der Waals surface area (Å²) in [6.45, 7) is 0. The van der Waals surface area contributed by atoms with E-state index in [1.54, 1.807) is 30.7 Å². The molecule has 0 spiro atoms. The minimum atomic E-state index is -0.396. The Morgan fingerprint density at radius 3 is 2.94 bits per heavy atom. The van der Waals surface area contributed by atoms with Gasteiger partial charge in [0.25, 0.3) is 5.56 Å². The van der Waals surface area contributed by atoms with Crippen molar-refractivity contribution in [2.75, 3.05) is 12.1 Å². The van der Waals surface area contributed by atoms with E-state index in [0.717, 1.165) is 4.68 Å². The minimum absolute atomic E-state index is 0.168. The topological polar surface area (TPSA) is 86.9 Å². The molecule has 2 aromatic heterocycles. The first kappa shape index (κ1) is 11.5. The van der Waals surface area contributed by atoms with E-state index < -0.39 is 5.56 Å². The van der Waals surface area contributed by atoms with Crippen LogP contribution in [0, 0.1) is 0 Å². The Bertz CT molecular complexity index is 589. The number of nitrogen functional groups attached to an aromatic ring is 1. The average molecular weight is 250 g/mol. The molecule has 17 heavy (non-hydrogen) atoms. The fourth-order valence-electron chi connectivity index (χ4n) is 1.19. The number of thioether (sulfide) groups is 1. The highest BCUT2D eigenvalue weighted by molar-refractivity contribution is 7.98. The lowest BCUT2D eigenvalue weighted by molar-refractivity contribution is 0.557. The van der Waals surface area contributed by atoms with Crippen LogP contribution in [0.4, 0.5) is 0 Å². The van der Waals surface area contributed by atoms with Gasteiger partial charge in [0, 0.05) is 0 Å².